The van der Waals surface area contributed by atoms with E-state index in [-0.39, 0.29) is 30.4 Å². The fraction of sp³-hybridized carbons (Fsp3) is 0.625. The number of nitrogens with one attached hydrogen (secondary N) is 1. The molecule has 170 valence electrons. The van der Waals surface area contributed by atoms with Crippen LogP contribution >= 0.6 is 0 Å². The van der Waals surface area contributed by atoms with Gasteiger partial charge in [0.05, 0.1) is 6.61 Å². The van der Waals surface area contributed by atoms with E-state index < -0.39 is 17.2 Å². The molecule has 1 aromatic carbocycles. The van der Waals surface area contributed by atoms with Crippen LogP contribution in [0.1, 0.15) is 64.2 Å². The van der Waals surface area contributed by atoms with Crippen LogP contribution in [0.4, 0.5) is 0 Å². The van der Waals surface area contributed by atoms with Crippen molar-refractivity contribution >= 4 is 17.7 Å². The third-order valence-corrected chi connectivity index (χ3v) is 6.28. The molecule has 1 aromatic rings. The predicted molar refractivity (Wildman–Crippen MR) is 118 cm³/mol. The summed E-state index contributed by atoms with van der Waals surface area (Å²) in [6.07, 6.45) is 1.78. The zero-order chi connectivity index (χ0) is 22.8. The molecule has 2 aliphatic rings. The number of rotatable bonds is 4. The van der Waals surface area contributed by atoms with Gasteiger partial charge in [-0.2, -0.15) is 0 Å². The summed E-state index contributed by atoms with van der Waals surface area (Å²) in [5.41, 5.74) is -0.805. The van der Waals surface area contributed by atoms with Gasteiger partial charge in [0.15, 0.2) is 0 Å². The van der Waals surface area contributed by atoms with Gasteiger partial charge in [-0.25, -0.2) is 0 Å². The smallest absolute Gasteiger partial charge is 0.256 e. The average molecular weight is 430 g/mol. The Morgan fingerprint density at radius 1 is 1.16 bits per heavy atom. The van der Waals surface area contributed by atoms with E-state index >= 15 is 0 Å². The Hall–Kier alpha value is -2.41. The second-order valence-corrected chi connectivity index (χ2v) is 9.67. The molecule has 3 amide bonds. The molecular formula is C24H35N3O4. The van der Waals surface area contributed by atoms with Crippen molar-refractivity contribution in [3.8, 4) is 0 Å². The largest absolute Gasteiger partial charge is 0.353 e. The van der Waals surface area contributed by atoms with Crippen LogP contribution in [0.5, 0.6) is 0 Å². The van der Waals surface area contributed by atoms with Crippen molar-refractivity contribution in [3.05, 3.63) is 35.9 Å². The minimum Gasteiger partial charge on any atom is -0.353 e. The lowest BCUT2D eigenvalue weighted by atomic mass is 9.91. The fourth-order valence-corrected chi connectivity index (χ4v) is 4.26. The van der Waals surface area contributed by atoms with Crippen LogP contribution in [0.15, 0.2) is 30.3 Å². The molecule has 0 bridgehead atoms. The molecule has 7 heteroatoms. The van der Waals surface area contributed by atoms with Gasteiger partial charge < -0.3 is 15.0 Å². The number of nitrogens with zero attached hydrogens (tertiary/aromatic N) is 2. The molecule has 2 aliphatic heterocycles. The maximum Gasteiger partial charge on any atom is 0.256 e. The van der Waals surface area contributed by atoms with E-state index in [2.05, 4.69) is 5.32 Å². The summed E-state index contributed by atoms with van der Waals surface area (Å²) < 4.78 is 6.21. The van der Waals surface area contributed by atoms with Crippen molar-refractivity contribution in [1.82, 2.24) is 15.1 Å². The van der Waals surface area contributed by atoms with Gasteiger partial charge in [-0.15, -0.1) is 0 Å². The van der Waals surface area contributed by atoms with Crippen molar-refractivity contribution in [3.63, 3.8) is 0 Å². The van der Waals surface area contributed by atoms with Crippen LogP contribution in [-0.4, -0.2) is 65.0 Å². The quantitative estimate of drug-likeness (QED) is 0.798. The molecule has 2 fully saturated rings. The summed E-state index contributed by atoms with van der Waals surface area (Å²) in [4.78, 5) is 42.8. The molecule has 1 spiro atoms. The second-order valence-electron chi connectivity index (χ2n) is 9.67. The lowest BCUT2D eigenvalue weighted by Gasteiger charge is -2.45. The van der Waals surface area contributed by atoms with Gasteiger partial charge in [0.1, 0.15) is 11.8 Å². The van der Waals surface area contributed by atoms with Crippen molar-refractivity contribution in [2.24, 2.45) is 5.41 Å². The van der Waals surface area contributed by atoms with E-state index in [1.807, 2.05) is 57.7 Å². The number of amides is 3. The number of hydrogen-bond acceptors (Lipinski definition) is 4. The first-order valence-electron chi connectivity index (χ1n) is 11.2. The molecule has 7 nitrogen and oxygen atoms in total. The van der Waals surface area contributed by atoms with Crippen LogP contribution in [0, 0.1) is 5.41 Å². The van der Waals surface area contributed by atoms with Crippen molar-refractivity contribution in [1.29, 1.82) is 0 Å². The van der Waals surface area contributed by atoms with Crippen molar-refractivity contribution in [2.45, 2.75) is 71.7 Å². The van der Waals surface area contributed by atoms with E-state index in [4.69, 9.17) is 4.74 Å². The average Bonchev–Trinajstić information content (AvgIpc) is 3.11. The summed E-state index contributed by atoms with van der Waals surface area (Å²) in [6.45, 7) is 10.8. The summed E-state index contributed by atoms with van der Waals surface area (Å²) in [6, 6.07) is 8.34. The van der Waals surface area contributed by atoms with E-state index in [9.17, 15) is 14.4 Å². The molecule has 0 saturated carbocycles. The Morgan fingerprint density at radius 2 is 1.77 bits per heavy atom. The van der Waals surface area contributed by atoms with Crippen LogP contribution in [0.25, 0.3) is 0 Å². The molecule has 2 unspecified atom stereocenters. The first-order valence-corrected chi connectivity index (χ1v) is 11.2. The molecule has 2 saturated heterocycles. The van der Waals surface area contributed by atoms with Gasteiger partial charge in [-0.1, -0.05) is 45.9 Å². The molecule has 31 heavy (non-hydrogen) atoms. The SMILES string of the molecule is CCC(C)NC(=O)C1COC2(CCN(C(=O)C(C)(C)C)CC2)N1C(=O)c1ccccc1. The van der Waals surface area contributed by atoms with Gasteiger partial charge in [-0.05, 0) is 25.5 Å². The van der Waals surface area contributed by atoms with Crippen molar-refractivity contribution in [2.75, 3.05) is 19.7 Å². The zero-order valence-corrected chi connectivity index (χ0v) is 19.3. The molecule has 3 rings (SSSR count). The summed E-state index contributed by atoms with van der Waals surface area (Å²) in [7, 11) is 0. The number of likely N-dealkylation sites (tertiary alicyclic amines) is 1. The second kappa shape index (κ2) is 8.99. The van der Waals surface area contributed by atoms with E-state index in [0.29, 0.717) is 31.5 Å². The highest BCUT2D eigenvalue weighted by molar-refractivity contribution is 5.98. The van der Waals surface area contributed by atoms with Crippen LogP contribution in [0.2, 0.25) is 0 Å². The summed E-state index contributed by atoms with van der Waals surface area (Å²) in [5, 5.41) is 3.00. The van der Waals surface area contributed by atoms with Gasteiger partial charge in [0.2, 0.25) is 11.8 Å². The lowest BCUT2D eigenvalue weighted by Crippen LogP contribution is -2.60. The van der Waals surface area contributed by atoms with E-state index in [1.54, 1.807) is 17.0 Å². The molecule has 1 N–H and O–H groups in total. The number of benzene rings is 1. The zero-order valence-electron chi connectivity index (χ0n) is 19.3. The Morgan fingerprint density at radius 3 is 2.32 bits per heavy atom. The standard InChI is InChI=1S/C24H35N3O4/c1-6-17(2)25-20(28)19-16-31-24(27(19)21(29)18-10-8-7-9-11-18)12-14-26(15-13-24)22(30)23(3,4)5/h7-11,17,19H,6,12-16H2,1-5H3,(H,25,28). The monoisotopic (exact) mass is 429 g/mol. The Labute approximate surface area is 185 Å². The maximum absolute atomic E-state index is 13.6. The minimum atomic E-state index is -0.876. The van der Waals surface area contributed by atoms with Gasteiger partial charge >= 0.3 is 0 Å². The van der Waals surface area contributed by atoms with Crippen molar-refractivity contribution < 1.29 is 19.1 Å². The van der Waals surface area contributed by atoms with Gasteiger partial charge in [0, 0.05) is 43.0 Å². The number of carbonyl (C=O) groups is 3. The van der Waals surface area contributed by atoms with Gasteiger partial charge in [-0.3, -0.25) is 19.3 Å². The van der Waals surface area contributed by atoms with Crippen LogP contribution in [0.3, 0.4) is 0 Å². The number of ether oxygens (including phenoxy) is 1. The molecule has 0 radical (unpaired) electrons. The Bertz CT molecular complexity index is 810. The molecular weight excluding hydrogens is 394 g/mol. The molecule has 2 atom stereocenters. The Balaban J connectivity index is 1.86. The highest BCUT2D eigenvalue weighted by Crippen LogP contribution is 2.39. The third kappa shape index (κ3) is 4.76. The fourth-order valence-electron chi connectivity index (χ4n) is 4.26. The van der Waals surface area contributed by atoms with Crippen LogP contribution in [-0.2, 0) is 14.3 Å². The number of piperidine rings is 1. The van der Waals surface area contributed by atoms with Gasteiger partial charge in [0.25, 0.3) is 5.91 Å². The molecule has 0 aliphatic carbocycles. The summed E-state index contributed by atoms with van der Waals surface area (Å²) in [5.74, 6) is -0.311. The molecule has 2 heterocycles. The predicted octanol–water partition coefficient (Wildman–Crippen LogP) is 2.81. The maximum atomic E-state index is 13.6. The van der Waals surface area contributed by atoms with Crippen LogP contribution < -0.4 is 5.32 Å². The Kier molecular flexibility index (Phi) is 6.74. The topological polar surface area (TPSA) is 79.0 Å². The first kappa shape index (κ1) is 23.3. The summed E-state index contributed by atoms with van der Waals surface area (Å²) >= 11 is 0. The number of carbonyl (C=O) groups excluding carboxylic acids is 3. The lowest BCUT2D eigenvalue weighted by molar-refractivity contribution is -0.150. The highest BCUT2D eigenvalue weighted by Gasteiger charge is 2.54. The normalized spacial score (nSPS) is 21.8. The highest BCUT2D eigenvalue weighted by atomic mass is 16.5. The number of hydrogen-bond donors (Lipinski definition) is 1. The van der Waals surface area contributed by atoms with E-state index in [0.717, 1.165) is 6.42 Å². The molecule has 0 aromatic heterocycles. The first-order chi connectivity index (χ1) is 14.6. The van der Waals surface area contributed by atoms with E-state index in [1.165, 1.54) is 0 Å². The minimum absolute atomic E-state index is 0.0176. The third-order valence-electron chi connectivity index (χ3n) is 6.28.